The third-order valence-electron chi connectivity index (χ3n) is 12.3. The SMILES string of the molecule is Cc1ccc(-c2ccc3c(c2)C(C)(C)c2cc(N(c4ccccc4)c4ccc5ccccc5c4)ccc2-3)cc1-c1cccc(C(C)(C)c2ccccc2)c1C. The van der Waals surface area contributed by atoms with Gasteiger partial charge in [-0.05, 0) is 140 Å². The number of hydrogen-bond acceptors (Lipinski definition) is 1. The van der Waals surface area contributed by atoms with E-state index in [1.807, 2.05) is 0 Å². The Morgan fingerprint density at radius 2 is 1.04 bits per heavy atom. The molecule has 0 saturated carbocycles. The maximum Gasteiger partial charge on any atom is 0.0468 e. The average Bonchev–Trinajstić information content (AvgIpc) is 3.44. The lowest BCUT2D eigenvalue weighted by molar-refractivity contribution is 0.636. The lowest BCUT2D eigenvalue weighted by Crippen LogP contribution is -2.20. The maximum absolute atomic E-state index is 2.45. The van der Waals surface area contributed by atoms with Crippen LogP contribution >= 0.6 is 0 Å². The highest BCUT2D eigenvalue weighted by Crippen LogP contribution is 2.52. The van der Waals surface area contributed by atoms with E-state index in [0.29, 0.717) is 0 Å². The smallest absolute Gasteiger partial charge is 0.0468 e. The second-order valence-corrected chi connectivity index (χ2v) is 16.3. The van der Waals surface area contributed by atoms with Crippen LogP contribution in [-0.2, 0) is 10.8 Å². The van der Waals surface area contributed by atoms with Crippen LogP contribution in [0.5, 0.6) is 0 Å². The van der Waals surface area contributed by atoms with Crippen LogP contribution in [0.4, 0.5) is 17.1 Å². The first kappa shape index (κ1) is 34.6. The van der Waals surface area contributed by atoms with E-state index in [-0.39, 0.29) is 10.8 Å². The molecule has 0 bridgehead atoms. The van der Waals surface area contributed by atoms with Gasteiger partial charge in [0.15, 0.2) is 0 Å². The van der Waals surface area contributed by atoms with E-state index in [2.05, 4.69) is 222 Å². The molecule has 1 nitrogen and oxygen atoms in total. The summed E-state index contributed by atoms with van der Waals surface area (Å²) in [5.74, 6) is 0. The van der Waals surface area contributed by atoms with Crippen LogP contribution in [0.15, 0.2) is 176 Å². The van der Waals surface area contributed by atoms with Gasteiger partial charge in [0.05, 0.1) is 0 Å². The van der Waals surface area contributed by atoms with Gasteiger partial charge in [0.2, 0.25) is 0 Å². The van der Waals surface area contributed by atoms with Gasteiger partial charge in [-0.1, -0.05) is 155 Å². The van der Waals surface area contributed by atoms with Gasteiger partial charge in [0.25, 0.3) is 0 Å². The Morgan fingerprint density at radius 3 is 1.80 bits per heavy atom. The predicted octanol–water partition coefficient (Wildman–Crippen LogP) is 14.9. The quantitative estimate of drug-likeness (QED) is 0.159. The second-order valence-electron chi connectivity index (χ2n) is 16.3. The summed E-state index contributed by atoms with van der Waals surface area (Å²) in [6.45, 7) is 14.0. The molecular weight excluding hydrogens is 663 g/mol. The highest BCUT2D eigenvalue weighted by atomic mass is 15.1. The number of aryl methyl sites for hydroxylation is 1. The fourth-order valence-corrected chi connectivity index (χ4v) is 9.09. The molecule has 0 saturated heterocycles. The summed E-state index contributed by atoms with van der Waals surface area (Å²) in [6, 6.07) is 65.0. The van der Waals surface area contributed by atoms with Crippen molar-refractivity contribution in [2.75, 3.05) is 4.90 Å². The molecule has 1 aliphatic carbocycles. The first-order chi connectivity index (χ1) is 26.6. The summed E-state index contributed by atoms with van der Waals surface area (Å²) in [7, 11) is 0. The van der Waals surface area contributed by atoms with Crippen LogP contribution in [0.25, 0.3) is 44.2 Å². The molecule has 8 aromatic rings. The molecule has 9 rings (SSSR count). The van der Waals surface area contributed by atoms with Gasteiger partial charge in [-0.15, -0.1) is 0 Å². The number of rotatable bonds is 7. The van der Waals surface area contributed by atoms with Gasteiger partial charge >= 0.3 is 0 Å². The molecule has 0 heterocycles. The molecule has 0 atom stereocenters. The Labute approximate surface area is 326 Å². The Hall–Kier alpha value is -6.18. The highest BCUT2D eigenvalue weighted by molar-refractivity contribution is 5.91. The average molecular weight is 710 g/mol. The predicted molar refractivity (Wildman–Crippen MR) is 235 cm³/mol. The normalized spacial score (nSPS) is 13.1. The fourth-order valence-electron chi connectivity index (χ4n) is 9.09. The first-order valence-corrected chi connectivity index (χ1v) is 19.5. The molecule has 55 heavy (non-hydrogen) atoms. The molecule has 0 spiro atoms. The van der Waals surface area contributed by atoms with Gasteiger partial charge in [-0.3, -0.25) is 0 Å². The molecule has 0 fully saturated rings. The van der Waals surface area contributed by atoms with Crippen molar-refractivity contribution in [3.63, 3.8) is 0 Å². The first-order valence-electron chi connectivity index (χ1n) is 19.5. The van der Waals surface area contributed by atoms with Crippen LogP contribution in [0, 0.1) is 13.8 Å². The number of fused-ring (bicyclic) bond motifs is 4. The monoisotopic (exact) mass is 709 g/mol. The van der Waals surface area contributed by atoms with Crippen molar-refractivity contribution in [3.05, 3.63) is 209 Å². The second kappa shape index (κ2) is 13.3. The van der Waals surface area contributed by atoms with Crippen molar-refractivity contribution in [1.29, 1.82) is 0 Å². The van der Waals surface area contributed by atoms with E-state index in [4.69, 9.17) is 0 Å². The minimum atomic E-state index is -0.177. The summed E-state index contributed by atoms with van der Waals surface area (Å²) < 4.78 is 0. The number of hydrogen-bond donors (Lipinski definition) is 0. The number of nitrogens with zero attached hydrogens (tertiary/aromatic N) is 1. The molecule has 0 unspecified atom stereocenters. The minimum absolute atomic E-state index is 0.110. The Balaban J connectivity index is 1.09. The van der Waals surface area contributed by atoms with Gasteiger partial charge in [0, 0.05) is 27.9 Å². The number of anilines is 3. The van der Waals surface area contributed by atoms with Crippen LogP contribution < -0.4 is 4.90 Å². The minimum Gasteiger partial charge on any atom is -0.310 e. The molecule has 0 amide bonds. The zero-order valence-corrected chi connectivity index (χ0v) is 32.7. The summed E-state index contributed by atoms with van der Waals surface area (Å²) in [4.78, 5) is 2.39. The van der Waals surface area contributed by atoms with E-state index in [1.54, 1.807) is 0 Å². The van der Waals surface area contributed by atoms with Crippen LogP contribution in [-0.4, -0.2) is 0 Å². The van der Waals surface area contributed by atoms with E-state index >= 15 is 0 Å². The van der Waals surface area contributed by atoms with Crippen molar-refractivity contribution in [3.8, 4) is 33.4 Å². The third-order valence-corrected chi connectivity index (χ3v) is 12.3. The Bertz CT molecular complexity index is 2720. The standard InChI is InChI=1S/C54H47N/c1-36-24-25-40(33-49(36)46-22-15-23-50(37(46)2)53(3,4)42-18-9-7-10-19-42)41-27-30-47-48-31-29-45(35-52(48)54(5,6)51(47)34-41)55(43-20-11-8-12-21-43)44-28-26-38-16-13-14-17-39(38)32-44/h7-35H,1-6H3. The van der Waals surface area contributed by atoms with Crippen LogP contribution in [0.1, 0.15) is 61.1 Å². The lowest BCUT2D eigenvalue weighted by atomic mass is 9.75. The summed E-state index contributed by atoms with van der Waals surface area (Å²) in [5, 5.41) is 2.48. The molecule has 0 aromatic heterocycles. The molecule has 8 aromatic carbocycles. The third kappa shape index (κ3) is 5.87. The lowest BCUT2D eigenvalue weighted by Gasteiger charge is -2.29. The van der Waals surface area contributed by atoms with E-state index in [9.17, 15) is 0 Å². The van der Waals surface area contributed by atoms with Gasteiger partial charge in [0.1, 0.15) is 0 Å². The summed E-state index contributed by atoms with van der Waals surface area (Å²) >= 11 is 0. The zero-order chi connectivity index (χ0) is 37.9. The molecule has 1 aliphatic rings. The maximum atomic E-state index is 2.45. The van der Waals surface area contributed by atoms with Crippen molar-refractivity contribution < 1.29 is 0 Å². The Kier molecular flexibility index (Phi) is 8.35. The topological polar surface area (TPSA) is 3.24 Å². The van der Waals surface area contributed by atoms with E-state index < -0.39 is 0 Å². The van der Waals surface area contributed by atoms with Crippen molar-refractivity contribution in [1.82, 2.24) is 0 Å². The van der Waals surface area contributed by atoms with Gasteiger partial charge in [-0.2, -0.15) is 0 Å². The fraction of sp³-hybridized carbons (Fsp3) is 0.148. The number of para-hydroxylation sites is 1. The molecule has 268 valence electrons. The van der Waals surface area contributed by atoms with Crippen LogP contribution in [0.2, 0.25) is 0 Å². The van der Waals surface area contributed by atoms with Gasteiger partial charge < -0.3 is 4.90 Å². The largest absolute Gasteiger partial charge is 0.310 e. The Morgan fingerprint density at radius 1 is 0.436 bits per heavy atom. The van der Waals surface area contributed by atoms with Crippen molar-refractivity contribution in [2.45, 2.75) is 52.4 Å². The molecular formula is C54H47N. The van der Waals surface area contributed by atoms with Gasteiger partial charge in [-0.25, -0.2) is 0 Å². The van der Waals surface area contributed by atoms with Crippen molar-refractivity contribution in [2.24, 2.45) is 0 Å². The molecule has 0 aliphatic heterocycles. The zero-order valence-electron chi connectivity index (χ0n) is 32.7. The van der Waals surface area contributed by atoms with Crippen LogP contribution in [0.3, 0.4) is 0 Å². The number of benzene rings is 8. The van der Waals surface area contributed by atoms with Crippen molar-refractivity contribution >= 4 is 27.8 Å². The summed E-state index contributed by atoms with van der Waals surface area (Å²) in [6.07, 6.45) is 0. The highest BCUT2D eigenvalue weighted by Gasteiger charge is 2.36. The molecule has 1 heteroatoms. The molecule has 0 N–H and O–H groups in total. The summed E-state index contributed by atoms with van der Waals surface area (Å²) in [5.41, 5.74) is 19.0. The molecule has 0 radical (unpaired) electrons. The van der Waals surface area contributed by atoms with E-state index in [1.165, 1.54) is 77.5 Å². The van der Waals surface area contributed by atoms with E-state index in [0.717, 1.165) is 17.1 Å².